The normalized spacial score (nSPS) is 16.1. The summed E-state index contributed by atoms with van der Waals surface area (Å²) in [5.74, 6) is -0.381. The Labute approximate surface area is 187 Å². The van der Waals surface area contributed by atoms with Crippen LogP contribution in [0.2, 0.25) is 5.02 Å². The number of aromatic nitrogens is 1. The third kappa shape index (κ3) is 3.94. The summed E-state index contributed by atoms with van der Waals surface area (Å²) in [4.78, 5) is 31.3. The minimum atomic E-state index is -0.744. The fraction of sp³-hybridized carbons (Fsp3) is 0.174. The minimum absolute atomic E-state index is 0.145. The van der Waals surface area contributed by atoms with Crippen molar-refractivity contribution in [2.45, 2.75) is 19.9 Å². The number of hydrogen-bond donors (Lipinski definition) is 1. The molecule has 31 heavy (non-hydrogen) atoms. The van der Waals surface area contributed by atoms with E-state index in [1.807, 2.05) is 6.07 Å². The molecule has 1 aliphatic heterocycles. The molecule has 1 aliphatic rings. The van der Waals surface area contributed by atoms with Crippen molar-refractivity contribution in [2.24, 2.45) is 4.99 Å². The molecule has 2 heterocycles. The second kappa shape index (κ2) is 8.53. The predicted molar refractivity (Wildman–Crippen MR) is 120 cm³/mol. The molecule has 0 saturated carbocycles. The summed E-state index contributed by atoms with van der Waals surface area (Å²) in [7, 11) is 0. The van der Waals surface area contributed by atoms with Crippen LogP contribution < -0.4 is 14.9 Å². The Kier molecular flexibility index (Phi) is 5.80. The number of rotatable bonds is 4. The molecule has 3 aromatic rings. The van der Waals surface area contributed by atoms with Gasteiger partial charge in [0.05, 0.1) is 22.4 Å². The molecular weight excluding hydrogens is 436 g/mol. The third-order valence-electron chi connectivity index (χ3n) is 4.91. The minimum Gasteiger partial charge on any atom is -0.508 e. The van der Waals surface area contributed by atoms with E-state index in [2.05, 4.69) is 4.99 Å². The maximum Gasteiger partial charge on any atom is 0.338 e. The number of ether oxygens (including phenoxy) is 1. The van der Waals surface area contributed by atoms with E-state index in [4.69, 9.17) is 16.3 Å². The van der Waals surface area contributed by atoms with Crippen LogP contribution in [0.5, 0.6) is 5.75 Å². The van der Waals surface area contributed by atoms with Crippen molar-refractivity contribution >= 4 is 35.0 Å². The molecule has 0 radical (unpaired) electrons. The monoisotopic (exact) mass is 454 g/mol. The number of allylic oxidation sites excluding steroid dienone is 1. The summed E-state index contributed by atoms with van der Waals surface area (Å²) >= 11 is 7.71. The molecule has 0 fully saturated rings. The van der Waals surface area contributed by atoms with Crippen LogP contribution in [-0.4, -0.2) is 22.2 Å². The second-order valence-corrected chi connectivity index (χ2v) is 8.33. The smallest absolute Gasteiger partial charge is 0.338 e. The van der Waals surface area contributed by atoms with Crippen LogP contribution in [0.25, 0.3) is 6.08 Å². The summed E-state index contributed by atoms with van der Waals surface area (Å²) in [5, 5.41) is 9.94. The van der Waals surface area contributed by atoms with Crippen molar-refractivity contribution in [1.82, 2.24) is 4.57 Å². The molecule has 158 valence electrons. The van der Waals surface area contributed by atoms with E-state index < -0.39 is 12.0 Å². The van der Waals surface area contributed by atoms with Crippen LogP contribution in [0.1, 0.15) is 31.0 Å². The summed E-state index contributed by atoms with van der Waals surface area (Å²) in [5.41, 5.74) is 1.88. The van der Waals surface area contributed by atoms with Gasteiger partial charge in [-0.1, -0.05) is 53.3 Å². The molecule has 0 aliphatic carbocycles. The molecule has 1 N–H and O–H groups in total. The number of nitrogens with zero attached hydrogens (tertiary/aromatic N) is 2. The first kappa shape index (κ1) is 21.1. The van der Waals surface area contributed by atoms with Gasteiger partial charge in [-0.2, -0.15) is 0 Å². The zero-order valence-corrected chi connectivity index (χ0v) is 18.4. The van der Waals surface area contributed by atoms with Gasteiger partial charge in [0.2, 0.25) is 0 Å². The Bertz CT molecular complexity index is 1370. The Morgan fingerprint density at radius 1 is 1.26 bits per heavy atom. The van der Waals surface area contributed by atoms with E-state index in [0.717, 1.165) is 5.56 Å². The lowest BCUT2D eigenvalue weighted by Crippen LogP contribution is -2.40. The Morgan fingerprint density at radius 3 is 2.65 bits per heavy atom. The van der Waals surface area contributed by atoms with Crippen molar-refractivity contribution in [3.05, 3.63) is 95.6 Å². The quantitative estimate of drug-likeness (QED) is 0.614. The van der Waals surface area contributed by atoms with Crippen LogP contribution in [0.4, 0.5) is 0 Å². The number of phenolic OH excluding ortho intramolecular Hbond substituents is 1. The summed E-state index contributed by atoms with van der Waals surface area (Å²) in [6.45, 7) is 3.66. The number of thiazole rings is 1. The average molecular weight is 455 g/mol. The van der Waals surface area contributed by atoms with E-state index >= 15 is 0 Å². The lowest BCUT2D eigenvalue weighted by Gasteiger charge is -2.25. The zero-order chi connectivity index (χ0) is 22.1. The maximum absolute atomic E-state index is 13.4. The van der Waals surface area contributed by atoms with Gasteiger partial charge in [-0.15, -0.1) is 0 Å². The Hall–Kier alpha value is -3.16. The Balaban J connectivity index is 1.97. The number of fused-ring (bicyclic) bond motifs is 1. The SMILES string of the molecule is CCOC(=O)C1=C(C)N=c2s/c(=C\c3ccc(O)cc3)c(=O)n2C1c1ccccc1Cl. The number of carbonyl (C=O) groups excluding carboxylic acids is 1. The molecule has 0 spiro atoms. The summed E-state index contributed by atoms with van der Waals surface area (Å²) in [6, 6.07) is 12.9. The first-order chi connectivity index (χ1) is 14.9. The highest BCUT2D eigenvalue weighted by molar-refractivity contribution is 7.07. The van der Waals surface area contributed by atoms with Crippen molar-refractivity contribution in [3.8, 4) is 5.75 Å². The van der Waals surface area contributed by atoms with Gasteiger partial charge in [0.15, 0.2) is 4.80 Å². The number of halogens is 1. The first-order valence-electron chi connectivity index (χ1n) is 9.64. The lowest BCUT2D eigenvalue weighted by atomic mass is 9.96. The molecule has 1 unspecified atom stereocenters. The number of carbonyl (C=O) groups is 1. The highest BCUT2D eigenvalue weighted by atomic mass is 35.5. The number of hydrogen-bond acceptors (Lipinski definition) is 6. The largest absolute Gasteiger partial charge is 0.508 e. The van der Waals surface area contributed by atoms with Crippen LogP contribution in [0, 0.1) is 0 Å². The second-order valence-electron chi connectivity index (χ2n) is 6.92. The molecule has 0 bridgehead atoms. The van der Waals surface area contributed by atoms with Gasteiger partial charge in [0.1, 0.15) is 11.8 Å². The maximum atomic E-state index is 13.4. The summed E-state index contributed by atoms with van der Waals surface area (Å²) < 4.78 is 7.22. The molecule has 4 rings (SSSR count). The van der Waals surface area contributed by atoms with Gasteiger partial charge in [-0.05, 0) is 49.2 Å². The number of phenols is 1. The van der Waals surface area contributed by atoms with Crippen LogP contribution in [0.15, 0.2) is 69.6 Å². The first-order valence-corrected chi connectivity index (χ1v) is 10.8. The number of esters is 1. The highest BCUT2D eigenvalue weighted by Gasteiger charge is 2.34. The molecule has 6 nitrogen and oxygen atoms in total. The van der Waals surface area contributed by atoms with Crippen molar-refractivity contribution in [2.75, 3.05) is 6.61 Å². The number of benzene rings is 2. The van der Waals surface area contributed by atoms with Gasteiger partial charge < -0.3 is 9.84 Å². The highest BCUT2D eigenvalue weighted by Crippen LogP contribution is 2.34. The molecule has 8 heteroatoms. The van der Waals surface area contributed by atoms with Gasteiger partial charge in [-0.25, -0.2) is 9.79 Å². The topological polar surface area (TPSA) is 80.9 Å². The summed E-state index contributed by atoms with van der Waals surface area (Å²) in [6.07, 6.45) is 1.73. The molecule has 0 saturated heterocycles. The van der Waals surface area contributed by atoms with Crippen molar-refractivity contribution in [1.29, 1.82) is 0 Å². The fourth-order valence-corrected chi connectivity index (χ4v) is 4.79. The third-order valence-corrected chi connectivity index (χ3v) is 6.23. The van der Waals surface area contributed by atoms with E-state index in [1.54, 1.807) is 62.4 Å². The Morgan fingerprint density at radius 2 is 1.97 bits per heavy atom. The van der Waals surface area contributed by atoms with Crippen molar-refractivity contribution in [3.63, 3.8) is 0 Å². The fourth-order valence-electron chi connectivity index (χ4n) is 3.50. The zero-order valence-electron chi connectivity index (χ0n) is 16.8. The van der Waals surface area contributed by atoms with Crippen LogP contribution in [-0.2, 0) is 9.53 Å². The van der Waals surface area contributed by atoms with E-state index in [1.165, 1.54) is 15.9 Å². The van der Waals surface area contributed by atoms with Gasteiger partial charge in [-0.3, -0.25) is 9.36 Å². The standard InChI is InChI=1S/C23H19ClN2O4S/c1-3-30-22(29)19-13(2)25-23-26(20(19)16-6-4-5-7-17(16)24)21(28)18(31-23)12-14-8-10-15(27)11-9-14/h4-12,20,27H,3H2,1-2H3/b18-12-. The van der Waals surface area contributed by atoms with Crippen molar-refractivity contribution < 1.29 is 14.6 Å². The van der Waals surface area contributed by atoms with E-state index in [-0.39, 0.29) is 17.9 Å². The predicted octanol–water partition coefficient (Wildman–Crippen LogP) is 3.16. The molecule has 0 amide bonds. The van der Waals surface area contributed by atoms with E-state index in [9.17, 15) is 14.7 Å². The van der Waals surface area contributed by atoms with Gasteiger partial charge in [0, 0.05) is 5.02 Å². The van der Waals surface area contributed by atoms with Crippen LogP contribution >= 0.6 is 22.9 Å². The van der Waals surface area contributed by atoms with E-state index in [0.29, 0.717) is 31.2 Å². The molecule has 1 aromatic heterocycles. The molecular formula is C23H19ClN2O4S. The lowest BCUT2D eigenvalue weighted by molar-refractivity contribution is -0.139. The van der Waals surface area contributed by atoms with Gasteiger partial charge >= 0.3 is 5.97 Å². The van der Waals surface area contributed by atoms with Crippen LogP contribution in [0.3, 0.4) is 0 Å². The average Bonchev–Trinajstić information content (AvgIpc) is 3.04. The number of aromatic hydroxyl groups is 1. The van der Waals surface area contributed by atoms with Gasteiger partial charge in [0.25, 0.3) is 5.56 Å². The molecule has 2 aromatic carbocycles. The molecule has 1 atom stereocenters.